The zero-order valence-electron chi connectivity index (χ0n) is 24.0. The highest BCUT2D eigenvalue weighted by Gasteiger charge is 2.11. The van der Waals surface area contributed by atoms with Crippen LogP contribution >= 0.6 is 0 Å². The van der Waals surface area contributed by atoms with Crippen molar-refractivity contribution in [3.63, 3.8) is 0 Å². The van der Waals surface area contributed by atoms with E-state index in [-0.39, 0.29) is 5.82 Å². The summed E-state index contributed by atoms with van der Waals surface area (Å²) in [5.74, 6) is 1.28. The molecule has 3 rings (SSSR count). The standard InChI is InChI=1S/C16H23N.C8H9F.C7H12.C2H6/c1-7-12(5)15-10-14(11(3)4)13(6)9-16(15)17-8-2;1-6-3-4-8(9)7(2)5-6;1-2-7-5-3-4-6-7;1-2/h8-11H,5,7H2,1-4,6H3;3-5H,1-2H3;2,7H,1,3-6H2;1-2H3. The summed E-state index contributed by atoms with van der Waals surface area (Å²) in [6.45, 7) is 26.3. The maximum absolute atomic E-state index is 12.5. The molecule has 2 aromatic carbocycles. The molecule has 0 spiro atoms. The maximum Gasteiger partial charge on any atom is 0.126 e. The van der Waals surface area contributed by atoms with E-state index in [0.29, 0.717) is 5.92 Å². The van der Waals surface area contributed by atoms with Crippen molar-refractivity contribution in [3.8, 4) is 0 Å². The Labute approximate surface area is 216 Å². The fourth-order valence-corrected chi connectivity index (χ4v) is 4.04. The van der Waals surface area contributed by atoms with E-state index in [1.165, 1.54) is 48.4 Å². The molecule has 0 aromatic heterocycles. The van der Waals surface area contributed by atoms with Crippen LogP contribution in [-0.4, -0.2) is 6.21 Å². The van der Waals surface area contributed by atoms with E-state index in [1.54, 1.807) is 13.0 Å². The average Bonchev–Trinajstić information content (AvgIpc) is 3.37. The summed E-state index contributed by atoms with van der Waals surface area (Å²) in [5.41, 5.74) is 7.93. The molecular weight excluding hydrogens is 429 g/mol. The predicted octanol–water partition coefficient (Wildman–Crippen LogP) is 11.1. The number of benzene rings is 2. The maximum atomic E-state index is 12.5. The quantitative estimate of drug-likeness (QED) is 0.299. The van der Waals surface area contributed by atoms with Gasteiger partial charge in [-0.25, -0.2) is 4.39 Å². The number of rotatable bonds is 5. The number of nitrogens with zero attached hydrogens (tertiary/aromatic N) is 1. The van der Waals surface area contributed by atoms with Crippen molar-refractivity contribution in [1.82, 2.24) is 0 Å². The van der Waals surface area contributed by atoms with Gasteiger partial charge in [0.25, 0.3) is 0 Å². The summed E-state index contributed by atoms with van der Waals surface area (Å²) in [6.07, 6.45) is 10.5. The van der Waals surface area contributed by atoms with E-state index in [1.807, 2.05) is 40.0 Å². The van der Waals surface area contributed by atoms with Crippen LogP contribution in [0.4, 0.5) is 10.1 Å². The molecule has 0 amide bonds. The molecule has 2 heteroatoms. The van der Waals surface area contributed by atoms with Crippen molar-refractivity contribution in [2.75, 3.05) is 0 Å². The summed E-state index contributed by atoms with van der Waals surface area (Å²) in [4.78, 5) is 4.45. The van der Waals surface area contributed by atoms with E-state index >= 15 is 0 Å². The zero-order valence-corrected chi connectivity index (χ0v) is 24.0. The molecule has 1 fully saturated rings. The molecule has 194 valence electrons. The Hall–Kier alpha value is -2.48. The van der Waals surface area contributed by atoms with Crippen LogP contribution in [0.2, 0.25) is 0 Å². The van der Waals surface area contributed by atoms with E-state index in [0.717, 1.165) is 34.7 Å². The van der Waals surface area contributed by atoms with E-state index in [9.17, 15) is 4.39 Å². The van der Waals surface area contributed by atoms with Gasteiger partial charge in [-0.2, -0.15) is 0 Å². The number of aryl methyl sites for hydroxylation is 3. The molecule has 1 aliphatic carbocycles. The van der Waals surface area contributed by atoms with Gasteiger partial charge in [0.2, 0.25) is 0 Å². The molecular formula is C33H50FN. The molecule has 0 aliphatic heterocycles. The molecule has 0 N–H and O–H groups in total. The second-order valence-electron chi connectivity index (χ2n) is 9.26. The van der Waals surface area contributed by atoms with Crippen LogP contribution in [0.5, 0.6) is 0 Å². The number of allylic oxidation sites excluding steroid dienone is 2. The lowest BCUT2D eigenvalue weighted by Crippen LogP contribution is -1.95. The molecule has 35 heavy (non-hydrogen) atoms. The SMILES string of the molecule is C=C(CC)c1cc(C(C)C)c(C)cc1N=CC.C=CC1CCCC1.CC.Cc1ccc(F)c(C)c1. The van der Waals surface area contributed by atoms with Gasteiger partial charge >= 0.3 is 0 Å². The highest BCUT2D eigenvalue weighted by atomic mass is 19.1. The van der Waals surface area contributed by atoms with E-state index in [4.69, 9.17) is 0 Å². The molecule has 2 aromatic rings. The van der Waals surface area contributed by atoms with Crippen LogP contribution in [-0.2, 0) is 0 Å². The lowest BCUT2D eigenvalue weighted by atomic mass is 9.92. The zero-order chi connectivity index (χ0) is 27.0. The molecule has 0 radical (unpaired) electrons. The van der Waals surface area contributed by atoms with Gasteiger partial charge in [-0.1, -0.05) is 77.8 Å². The fraction of sp³-hybridized carbons (Fsp3) is 0.485. The molecule has 0 unspecified atom stereocenters. The van der Waals surface area contributed by atoms with Gasteiger partial charge in [0.1, 0.15) is 5.82 Å². The highest BCUT2D eigenvalue weighted by Crippen LogP contribution is 2.33. The van der Waals surface area contributed by atoms with Gasteiger partial charge in [-0.05, 0) is 99.3 Å². The summed E-state index contributed by atoms with van der Waals surface area (Å²) >= 11 is 0. The van der Waals surface area contributed by atoms with Crippen LogP contribution in [0.25, 0.3) is 5.57 Å². The first-order valence-electron chi connectivity index (χ1n) is 13.3. The number of hydrogen-bond donors (Lipinski definition) is 0. The minimum Gasteiger partial charge on any atom is -0.261 e. The van der Waals surface area contributed by atoms with Crippen molar-refractivity contribution in [2.45, 2.75) is 100 Å². The van der Waals surface area contributed by atoms with Crippen LogP contribution in [0.15, 0.2) is 54.6 Å². The molecule has 0 saturated heterocycles. The molecule has 0 heterocycles. The van der Waals surface area contributed by atoms with Crippen LogP contribution in [0.1, 0.15) is 107 Å². The third-order valence-corrected chi connectivity index (χ3v) is 6.13. The van der Waals surface area contributed by atoms with Gasteiger partial charge in [0, 0.05) is 11.8 Å². The Kier molecular flexibility index (Phi) is 16.6. The Morgan fingerprint density at radius 3 is 2.06 bits per heavy atom. The number of halogens is 1. The summed E-state index contributed by atoms with van der Waals surface area (Å²) in [5, 5.41) is 0. The molecule has 0 atom stereocenters. The third-order valence-electron chi connectivity index (χ3n) is 6.13. The first kappa shape index (κ1) is 32.5. The first-order chi connectivity index (χ1) is 16.6. The van der Waals surface area contributed by atoms with Gasteiger partial charge in [-0.3, -0.25) is 4.99 Å². The average molecular weight is 480 g/mol. The largest absolute Gasteiger partial charge is 0.261 e. The lowest BCUT2D eigenvalue weighted by Gasteiger charge is -2.15. The molecule has 1 aliphatic rings. The topological polar surface area (TPSA) is 12.4 Å². The summed E-state index contributed by atoms with van der Waals surface area (Å²) in [6, 6.07) is 9.52. The van der Waals surface area contributed by atoms with Crippen molar-refractivity contribution in [2.24, 2.45) is 10.9 Å². The second-order valence-corrected chi connectivity index (χ2v) is 9.26. The van der Waals surface area contributed by atoms with Gasteiger partial charge in [-0.15, -0.1) is 6.58 Å². The lowest BCUT2D eigenvalue weighted by molar-refractivity contribution is 0.618. The molecule has 1 nitrogen and oxygen atoms in total. The van der Waals surface area contributed by atoms with Gasteiger partial charge < -0.3 is 0 Å². The monoisotopic (exact) mass is 479 g/mol. The first-order valence-corrected chi connectivity index (χ1v) is 13.3. The van der Waals surface area contributed by atoms with E-state index in [2.05, 4.69) is 64.1 Å². The van der Waals surface area contributed by atoms with E-state index < -0.39 is 0 Å². The fourth-order valence-electron chi connectivity index (χ4n) is 4.04. The number of aliphatic imine (C=N–C) groups is 1. The van der Waals surface area contributed by atoms with Crippen molar-refractivity contribution >= 4 is 17.5 Å². The van der Waals surface area contributed by atoms with Crippen LogP contribution < -0.4 is 0 Å². The smallest absolute Gasteiger partial charge is 0.126 e. The van der Waals surface area contributed by atoms with Crippen LogP contribution in [0, 0.1) is 32.5 Å². The van der Waals surface area contributed by atoms with Crippen LogP contribution in [0.3, 0.4) is 0 Å². The Morgan fingerprint density at radius 2 is 1.66 bits per heavy atom. The minimum atomic E-state index is -0.124. The van der Waals surface area contributed by atoms with Gasteiger partial charge in [0.15, 0.2) is 0 Å². The number of hydrogen-bond acceptors (Lipinski definition) is 1. The normalized spacial score (nSPS) is 12.8. The molecule has 0 bridgehead atoms. The molecule has 1 saturated carbocycles. The van der Waals surface area contributed by atoms with Gasteiger partial charge in [0.05, 0.1) is 5.69 Å². The van der Waals surface area contributed by atoms with Crippen molar-refractivity contribution < 1.29 is 4.39 Å². The minimum absolute atomic E-state index is 0.124. The Morgan fingerprint density at radius 1 is 1.06 bits per heavy atom. The van der Waals surface area contributed by atoms with Crippen molar-refractivity contribution in [3.05, 3.63) is 83.2 Å². The third kappa shape index (κ3) is 11.7. The Bertz CT molecular complexity index is 930. The summed E-state index contributed by atoms with van der Waals surface area (Å²) < 4.78 is 12.5. The van der Waals surface area contributed by atoms with Crippen molar-refractivity contribution in [1.29, 1.82) is 0 Å². The highest BCUT2D eigenvalue weighted by molar-refractivity contribution is 5.77. The second kappa shape index (κ2) is 17.9. The predicted molar refractivity (Wildman–Crippen MR) is 158 cm³/mol. The Balaban J connectivity index is 0.000000534. The summed E-state index contributed by atoms with van der Waals surface area (Å²) in [7, 11) is 0.